The zero-order chi connectivity index (χ0) is 12.7. The van der Waals surface area contributed by atoms with Crippen LogP contribution < -0.4 is 15.6 Å². The zero-order valence-corrected chi connectivity index (χ0v) is 9.13. The minimum absolute atomic E-state index is 0.0591. The Labute approximate surface area is 97.8 Å². The Kier molecular flexibility index (Phi) is 4.89. The number of carbonyl (C=O) groups is 2. The number of hydrogen-bond acceptors (Lipinski definition) is 4. The van der Waals surface area contributed by atoms with Gasteiger partial charge in [0, 0.05) is 12.6 Å². The highest BCUT2D eigenvalue weighted by Crippen LogP contribution is 1.94. The van der Waals surface area contributed by atoms with Crippen molar-refractivity contribution in [3.05, 3.63) is 30.1 Å². The van der Waals surface area contributed by atoms with Gasteiger partial charge >= 0.3 is 6.09 Å². The Hall–Kier alpha value is -2.15. The molecule has 17 heavy (non-hydrogen) atoms. The van der Waals surface area contributed by atoms with Crippen LogP contribution in [0.2, 0.25) is 0 Å². The lowest BCUT2D eigenvalue weighted by Crippen LogP contribution is -2.38. The van der Waals surface area contributed by atoms with Gasteiger partial charge in [0.1, 0.15) is 5.56 Å². The number of aliphatic hydroxyl groups is 1. The van der Waals surface area contributed by atoms with E-state index < -0.39 is 6.09 Å². The number of hydrogen-bond donors (Lipinski definition) is 3. The number of aromatic nitrogens is 1. The molecule has 2 amide bonds. The predicted octanol–water partition coefficient (Wildman–Crippen LogP) is -1.25. The minimum Gasteiger partial charge on any atom is -0.395 e. The molecule has 4 N–H and O–H groups in total. The van der Waals surface area contributed by atoms with Gasteiger partial charge in [0.15, 0.2) is 12.4 Å². The van der Waals surface area contributed by atoms with Crippen LogP contribution in [0.1, 0.15) is 10.4 Å². The third kappa shape index (κ3) is 4.47. The smallest absolute Gasteiger partial charge is 0.395 e. The van der Waals surface area contributed by atoms with Gasteiger partial charge in [-0.25, -0.2) is 4.79 Å². The Balaban J connectivity index is 2.64. The van der Waals surface area contributed by atoms with Crippen LogP contribution in [-0.2, 0) is 11.5 Å². The van der Waals surface area contributed by atoms with E-state index in [1.807, 2.05) is 0 Å². The lowest BCUT2D eigenvalue weighted by atomic mass is 10.2. The molecule has 0 radical (unpaired) electrons. The SMILES string of the molecule is NC(=O)OC[n+]1cccc(C(=O)NCCO)c1. The van der Waals surface area contributed by atoms with Crippen molar-refractivity contribution < 1.29 is 24.0 Å². The van der Waals surface area contributed by atoms with Crippen molar-refractivity contribution in [3.63, 3.8) is 0 Å². The fourth-order valence-electron chi connectivity index (χ4n) is 1.15. The molecule has 0 atom stereocenters. The number of amides is 2. The number of ether oxygens (including phenoxy) is 1. The van der Waals surface area contributed by atoms with Crippen molar-refractivity contribution in [2.75, 3.05) is 13.2 Å². The van der Waals surface area contributed by atoms with Crippen molar-refractivity contribution in [1.29, 1.82) is 0 Å². The Morgan fingerprint density at radius 2 is 2.29 bits per heavy atom. The van der Waals surface area contributed by atoms with Crippen LogP contribution in [0, 0.1) is 0 Å². The topological polar surface area (TPSA) is 106 Å². The molecule has 0 aliphatic rings. The molecule has 1 rings (SSSR count). The summed E-state index contributed by atoms with van der Waals surface area (Å²) in [6.45, 7) is 0.00528. The molecule has 1 heterocycles. The van der Waals surface area contributed by atoms with E-state index in [9.17, 15) is 9.59 Å². The summed E-state index contributed by atoms with van der Waals surface area (Å²) in [7, 11) is 0. The number of primary amides is 1. The first kappa shape index (κ1) is 12.9. The summed E-state index contributed by atoms with van der Waals surface area (Å²) in [4.78, 5) is 21.9. The Bertz CT molecular complexity index is 408. The number of nitrogens with zero attached hydrogens (tertiary/aromatic N) is 1. The summed E-state index contributed by atoms with van der Waals surface area (Å²) in [5.41, 5.74) is 5.22. The van der Waals surface area contributed by atoms with Gasteiger partial charge in [-0.1, -0.05) is 0 Å². The van der Waals surface area contributed by atoms with Crippen LogP contribution in [0.3, 0.4) is 0 Å². The van der Waals surface area contributed by atoms with Gasteiger partial charge in [0.2, 0.25) is 0 Å². The van der Waals surface area contributed by atoms with Gasteiger partial charge < -0.3 is 20.9 Å². The second-order valence-electron chi connectivity index (χ2n) is 3.18. The molecule has 7 nitrogen and oxygen atoms in total. The summed E-state index contributed by atoms with van der Waals surface area (Å²) >= 11 is 0. The summed E-state index contributed by atoms with van der Waals surface area (Å²) in [5, 5.41) is 11.1. The second kappa shape index (κ2) is 6.44. The van der Waals surface area contributed by atoms with E-state index in [4.69, 9.17) is 10.8 Å². The number of nitrogens with one attached hydrogen (secondary N) is 1. The van der Waals surface area contributed by atoms with E-state index in [0.29, 0.717) is 5.56 Å². The molecule has 0 saturated heterocycles. The fraction of sp³-hybridized carbons (Fsp3) is 0.300. The summed E-state index contributed by atoms with van der Waals surface area (Å²) in [5.74, 6) is -0.313. The first-order valence-corrected chi connectivity index (χ1v) is 4.94. The van der Waals surface area contributed by atoms with Crippen LogP contribution in [0.25, 0.3) is 0 Å². The molecule has 0 aliphatic carbocycles. The molecule has 0 aromatic carbocycles. The molecular weight excluding hydrogens is 226 g/mol. The highest BCUT2D eigenvalue weighted by atomic mass is 16.6. The van der Waals surface area contributed by atoms with Crippen molar-refractivity contribution in [2.45, 2.75) is 6.73 Å². The number of rotatable bonds is 5. The Morgan fingerprint density at radius 3 is 2.94 bits per heavy atom. The average Bonchev–Trinajstić information content (AvgIpc) is 2.33. The van der Waals surface area contributed by atoms with Gasteiger partial charge in [-0.3, -0.25) is 4.79 Å². The largest absolute Gasteiger partial charge is 0.409 e. The van der Waals surface area contributed by atoms with Gasteiger partial charge in [0.25, 0.3) is 12.6 Å². The molecule has 0 saturated carbocycles. The van der Waals surface area contributed by atoms with Crippen LogP contribution >= 0.6 is 0 Å². The van der Waals surface area contributed by atoms with Crippen LogP contribution in [-0.4, -0.2) is 30.3 Å². The standard InChI is InChI=1S/C10H13N3O4/c11-10(16)17-7-13-4-1-2-8(6-13)9(15)12-3-5-14/h1-2,4,6,14H,3,5,7H2,(H2-,11,12,15,16)/p+1. The van der Waals surface area contributed by atoms with Crippen molar-refractivity contribution in [2.24, 2.45) is 5.73 Å². The molecule has 1 aromatic rings. The summed E-state index contributed by atoms with van der Waals surface area (Å²) in [6.07, 6.45) is 2.26. The number of pyridine rings is 1. The molecule has 0 spiro atoms. The molecule has 0 bridgehead atoms. The maximum atomic E-state index is 11.5. The summed E-state index contributed by atoms with van der Waals surface area (Å²) < 4.78 is 6.07. The van der Waals surface area contributed by atoms with Crippen molar-refractivity contribution >= 4 is 12.0 Å². The number of carbonyl (C=O) groups excluding carboxylic acids is 2. The summed E-state index contributed by atoms with van der Waals surface area (Å²) in [6, 6.07) is 3.24. The minimum atomic E-state index is -0.882. The zero-order valence-electron chi connectivity index (χ0n) is 9.13. The number of aliphatic hydroxyl groups excluding tert-OH is 1. The molecule has 0 aliphatic heterocycles. The van der Waals surface area contributed by atoms with Crippen LogP contribution in [0.15, 0.2) is 24.5 Å². The quantitative estimate of drug-likeness (QED) is 0.559. The fourth-order valence-corrected chi connectivity index (χ4v) is 1.15. The lowest BCUT2D eigenvalue weighted by molar-refractivity contribution is -0.727. The first-order chi connectivity index (χ1) is 8.13. The van der Waals surface area contributed by atoms with E-state index in [-0.39, 0.29) is 25.8 Å². The van der Waals surface area contributed by atoms with E-state index in [0.717, 1.165) is 0 Å². The van der Waals surface area contributed by atoms with Crippen molar-refractivity contribution in [1.82, 2.24) is 5.32 Å². The molecule has 1 aromatic heterocycles. The van der Waals surface area contributed by atoms with Gasteiger partial charge in [-0.2, -0.15) is 4.57 Å². The predicted molar refractivity (Wildman–Crippen MR) is 56.7 cm³/mol. The Morgan fingerprint density at radius 1 is 1.53 bits per heavy atom. The van der Waals surface area contributed by atoms with Crippen LogP contribution in [0.4, 0.5) is 4.79 Å². The third-order valence-electron chi connectivity index (χ3n) is 1.87. The highest BCUT2D eigenvalue weighted by Gasteiger charge is 2.10. The average molecular weight is 240 g/mol. The molecule has 0 unspecified atom stereocenters. The van der Waals surface area contributed by atoms with Gasteiger partial charge in [-0.15, -0.1) is 0 Å². The van der Waals surface area contributed by atoms with Crippen LogP contribution in [0.5, 0.6) is 0 Å². The van der Waals surface area contributed by atoms with Gasteiger partial charge in [0.05, 0.1) is 6.61 Å². The maximum Gasteiger partial charge on any atom is 0.409 e. The van der Waals surface area contributed by atoms with E-state index >= 15 is 0 Å². The molecule has 92 valence electrons. The third-order valence-corrected chi connectivity index (χ3v) is 1.87. The normalized spacial score (nSPS) is 9.71. The van der Waals surface area contributed by atoms with E-state index in [2.05, 4.69) is 10.1 Å². The molecule has 0 fully saturated rings. The molecule has 7 heteroatoms. The second-order valence-corrected chi connectivity index (χ2v) is 3.18. The number of nitrogens with two attached hydrogens (primary N) is 1. The van der Waals surface area contributed by atoms with Gasteiger partial charge in [-0.05, 0) is 6.07 Å². The van der Waals surface area contributed by atoms with E-state index in [1.165, 1.54) is 10.8 Å². The lowest BCUT2D eigenvalue weighted by Gasteiger charge is -2.02. The van der Waals surface area contributed by atoms with Crippen molar-refractivity contribution in [3.8, 4) is 0 Å². The molecular formula is C10H14N3O4+. The first-order valence-electron chi connectivity index (χ1n) is 4.94. The highest BCUT2D eigenvalue weighted by molar-refractivity contribution is 5.93. The maximum absolute atomic E-state index is 11.5. The monoisotopic (exact) mass is 240 g/mol. The van der Waals surface area contributed by atoms with E-state index in [1.54, 1.807) is 18.3 Å².